The smallest absolute Gasteiger partial charge is 0.321 e. The molecule has 0 spiro atoms. The predicted molar refractivity (Wildman–Crippen MR) is 77.5 cm³/mol. The number of hydrogen-bond donors (Lipinski definition) is 0. The van der Waals surface area contributed by atoms with Crippen LogP contribution in [0.4, 0.5) is 8.78 Å². The van der Waals surface area contributed by atoms with Gasteiger partial charge in [0, 0.05) is 13.1 Å². The van der Waals surface area contributed by atoms with Gasteiger partial charge in [-0.25, -0.2) is 8.78 Å². The standard InChI is InChI=1S/C12H18F2INO5/c1-19-10(17)8(11(18)20-2)9(12(13,14)7-15)16-3-5-21-6-4-16/h8-9H,3-7H2,1-2H3. The van der Waals surface area contributed by atoms with E-state index in [0.717, 1.165) is 14.2 Å². The number of nitrogens with zero attached hydrogens (tertiary/aromatic N) is 1. The van der Waals surface area contributed by atoms with Crippen LogP contribution in [0.25, 0.3) is 0 Å². The van der Waals surface area contributed by atoms with E-state index in [4.69, 9.17) is 4.74 Å². The molecule has 0 aliphatic carbocycles. The van der Waals surface area contributed by atoms with Crippen molar-refractivity contribution in [2.24, 2.45) is 5.92 Å². The molecule has 122 valence electrons. The lowest BCUT2D eigenvalue weighted by Gasteiger charge is -2.40. The lowest BCUT2D eigenvalue weighted by atomic mass is 9.92. The van der Waals surface area contributed by atoms with Crippen LogP contribution in [0.1, 0.15) is 0 Å². The zero-order valence-electron chi connectivity index (χ0n) is 11.8. The molecule has 1 fully saturated rings. The molecule has 6 nitrogen and oxygen atoms in total. The summed E-state index contributed by atoms with van der Waals surface area (Å²) >= 11 is 1.53. The zero-order chi connectivity index (χ0) is 16.0. The van der Waals surface area contributed by atoms with Crippen LogP contribution in [0, 0.1) is 5.92 Å². The number of ether oxygens (including phenoxy) is 3. The lowest BCUT2D eigenvalue weighted by Crippen LogP contribution is -2.60. The Hall–Kier alpha value is -0.550. The van der Waals surface area contributed by atoms with Crippen LogP contribution < -0.4 is 0 Å². The number of methoxy groups -OCH3 is 2. The van der Waals surface area contributed by atoms with Gasteiger partial charge in [0.25, 0.3) is 5.92 Å². The van der Waals surface area contributed by atoms with Crippen LogP contribution in [-0.2, 0) is 23.8 Å². The highest BCUT2D eigenvalue weighted by molar-refractivity contribution is 14.1. The molecule has 0 N–H and O–H groups in total. The molecule has 1 aliphatic heterocycles. The monoisotopic (exact) mass is 421 g/mol. The van der Waals surface area contributed by atoms with Gasteiger partial charge in [0.2, 0.25) is 0 Å². The summed E-state index contributed by atoms with van der Waals surface area (Å²) in [5, 5.41) is 0. The topological polar surface area (TPSA) is 65.1 Å². The van der Waals surface area contributed by atoms with Crippen LogP contribution in [0.3, 0.4) is 0 Å². The number of esters is 2. The average Bonchev–Trinajstić information content (AvgIpc) is 2.51. The second-order valence-electron chi connectivity index (χ2n) is 4.51. The van der Waals surface area contributed by atoms with Crippen molar-refractivity contribution in [2.45, 2.75) is 12.0 Å². The summed E-state index contributed by atoms with van der Waals surface area (Å²) in [4.78, 5) is 25.1. The maximum absolute atomic E-state index is 14.3. The Labute approximate surface area is 135 Å². The molecular formula is C12H18F2INO5. The van der Waals surface area contributed by atoms with Crippen LogP contribution in [0.5, 0.6) is 0 Å². The number of hydrogen-bond acceptors (Lipinski definition) is 6. The molecule has 0 bridgehead atoms. The maximum atomic E-state index is 14.3. The number of carbonyl (C=O) groups excluding carboxylic acids is 2. The molecule has 1 atom stereocenters. The number of rotatable bonds is 6. The van der Waals surface area contributed by atoms with Gasteiger partial charge in [0.1, 0.15) is 0 Å². The average molecular weight is 421 g/mol. The molecule has 0 amide bonds. The number of carbonyl (C=O) groups is 2. The Morgan fingerprint density at radius 2 is 1.71 bits per heavy atom. The van der Waals surface area contributed by atoms with Crippen molar-refractivity contribution < 1.29 is 32.6 Å². The van der Waals surface area contributed by atoms with Crippen molar-refractivity contribution >= 4 is 34.5 Å². The number of alkyl halides is 3. The number of halogens is 3. The van der Waals surface area contributed by atoms with Gasteiger partial charge >= 0.3 is 11.9 Å². The first-order valence-electron chi connectivity index (χ1n) is 6.30. The van der Waals surface area contributed by atoms with E-state index in [2.05, 4.69) is 9.47 Å². The van der Waals surface area contributed by atoms with Crippen molar-refractivity contribution in [3.05, 3.63) is 0 Å². The zero-order valence-corrected chi connectivity index (χ0v) is 14.0. The third-order valence-corrected chi connectivity index (χ3v) is 4.29. The Morgan fingerprint density at radius 3 is 2.10 bits per heavy atom. The summed E-state index contributed by atoms with van der Waals surface area (Å²) in [6.45, 7) is 0.953. The van der Waals surface area contributed by atoms with Gasteiger partial charge < -0.3 is 14.2 Å². The lowest BCUT2D eigenvalue weighted by molar-refractivity contribution is -0.175. The molecule has 1 unspecified atom stereocenters. The molecule has 1 heterocycles. The summed E-state index contributed by atoms with van der Waals surface area (Å²) in [6, 6.07) is -1.61. The van der Waals surface area contributed by atoms with Crippen LogP contribution in [0.15, 0.2) is 0 Å². The molecule has 21 heavy (non-hydrogen) atoms. The molecule has 1 aliphatic rings. The molecule has 1 rings (SSSR count). The van der Waals surface area contributed by atoms with Crippen molar-refractivity contribution in [3.63, 3.8) is 0 Å². The Bertz CT molecular complexity index is 361. The summed E-state index contributed by atoms with van der Waals surface area (Å²) in [7, 11) is 2.10. The molecule has 1 saturated heterocycles. The highest BCUT2D eigenvalue weighted by Crippen LogP contribution is 2.33. The molecule has 0 saturated carbocycles. The van der Waals surface area contributed by atoms with Gasteiger partial charge in [-0.05, 0) is 0 Å². The summed E-state index contributed by atoms with van der Waals surface area (Å²) in [6.07, 6.45) is 0. The molecular weight excluding hydrogens is 403 g/mol. The third kappa shape index (κ3) is 4.46. The highest BCUT2D eigenvalue weighted by Gasteiger charge is 2.53. The van der Waals surface area contributed by atoms with E-state index in [1.807, 2.05) is 0 Å². The van der Waals surface area contributed by atoms with Gasteiger partial charge in [-0.2, -0.15) is 0 Å². The van der Waals surface area contributed by atoms with E-state index in [9.17, 15) is 18.4 Å². The first-order chi connectivity index (χ1) is 9.88. The van der Waals surface area contributed by atoms with Crippen LogP contribution in [0.2, 0.25) is 0 Å². The Balaban J connectivity index is 3.17. The molecule has 0 aromatic heterocycles. The van der Waals surface area contributed by atoms with Crippen molar-refractivity contribution in [2.75, 3.05) is 45.0 Å². The first-order valence-corrected chi connectivity index (χ1v) is 7.82. The van der Waals surface area contributed by atoms with E-state index >= 15 is 0 Å². The summed E-state index contributed by atoms with van der Waals surface area (Å²) < 4.78 is 42.3. The van der Waals surface area contributed by atoms with Gasteiger partial charge in [-0.1, -0.05) is 22.6 Å². The van der Waals surface area contributed by atoms with Crippen molar-refractivity contribution in [1.29, 1.82) is 0 Å². The fourth-order valence-electron chi connectivity index (χ4n) is 2.26. The van der Waals surface area contributed by atoms with Gasteiger partial charge in [0.15, 0.2) is 5.92 Å². The second-order valence-corrected chi connectivity index (χ2v) is 5.27. The second kappa shape index (κ2) is 8.18. The van der Waals surface area contributed by atoms with Crippen LogP contribution in [-0.4, -0.2) is 73.8 Å². The SMILES string of the molecule is COC(=O)C(C(=O)OC)C(N1CCOCC1)C(F)(F)CI. The largest absolute Gasteiger partial charge is 0.468 e. The summed E-state index contributed by atoms with van der Waals surface area (Å²) in [5.41, 5.74) is 0. The first kappa shape index (κ1) is 18.5. The Morgan fingerprint density at radius 1 is 1.24 bits per heavy atom. The minimum atomic E-state index is -3.25. The fourth-order valence-corrected chi connectivity index (χ4v) is 2.72. The molecule has 0 aromatic rings. The van der Waals surface area contributed by atoms with Crippen LogP contribution >= 0.6 is 22.6 Å². The number of morpholine rings is 1. The maximum Gasteiger partial charge on any atom is 0.321 e. The van der Waals surface area contributed by atoms with E-state index < -0.39 is 34.2 Å². The third-order valence-electron chi connectivity index (χ3n) is 3.28. The van der Waals surface area contributed by atoms with Gasteiger partial charge in [0.05, 0.1) is 37.9 Å². The van der Waals surface area contributed by atoms with Crippen molar-refractivity contribution in [3.8, 4) is 0 Å². The van der Waals surface area contributed by atoms with Crippen molar-refractivity contribution in [1.82, 2.24) is 4.90 Å². The minimum absolute atomic E-state index is 0.210. The normalized spacial score (nSPS) is 18.4. The molecule has 9 heteroatoms. The molecule has 0 radical (unpaired) electrons. The van der Waals surface area contributed by atoms with Gasteiger partial charge in [-0.15, -0.1) is 0 Å². The predicted octanol–water partition coefficient (Wildman–Crippen LogP) is 0.720. The fraction of sp³-hybridized carbons (Fsp3) is 0.833. The van der Waals surface area contributed by atoms with E-state index in [1.165, 1.54) is 27.5 Å². The van der Waals surface area contributed by atoms with E-state index in [0.29, 0.717) is 0 Å². The quantitative estimate of drug-likeness (QED) is 0.273. The minimum Gasteiger partial charge on any atom is -0.468 e. The van der Waals surface area contributed by atoms with E-state index in [-0.39, 0.29) is 26.3 Å². The van der Waals surface area contributed by atoms with E-state index in [1.54, 1.807) is 0 Å². The summed E-state index contributed by atoms with van der Waals surface area (Å²) in [5.74, 6) is -6.99. The highest BCUT2D eigenvalue weighted by atomic mass is 127. The Kier molecular flexibility index (Phi) is 7.21. The molecule has 0 aromatic carbocycles. The van der Waals surface area contributed by atoms with Gasteiger partial charge in [-0.3, -0.25) is 14.5 Å².